The van der Waals surface area contributed by atoms with Crippen LogP contribution in [0.5, 0.6) is 5.75 Å². The highest BCUT2D eigenvalue weighted by Crippen LogP contribution is 2.35. The van der Waals surface area contributed by atoms with Gasteiger partial charge in [0, 0.05) is 30.5 Å². The van der Waals surface area contributed by atoms with Gasteiger partial charge in [-0.2, -0.15) is 4.37 Å². The molecule has 0 atom stereocenters. The van der Waals surface area contributed by atoms with E-state index in [2.05, 4.69) is 9.69 Å². The molecule has 1 aliphatic rings. The number of nitrogens with two attached hydrogens (primary N) is 1. The van der Waals surface area contributed by atoms with Gasteiger partial charge in [0.15, 0.2) is 0 Å². The van der Waals surface area contributed by atoms with Gasteiger partial charge in [0.25, 0.3) is 0 Å². The fourth-order valence-electron chi connectivity index (χ4n) is 3.93. The summed E-state index contributed by atoms with van der Waals surface area (Å²) in [6, 6.07) is 15.5. The number of ether oxygens (including phenoxy) is 1. The lowest BCUT2D eigenvalue weighted by Gasteiger charge is -2.16. The number of nitrogens with one attached hydrogen (secondary N) is 1. The van der Waals surface area contributed by atoms with Gasteiger partial charge in [0.05, 0.1) is 17.7 Å². The van der Waals surface area contributed by atoms with Gasteiger partial charge in [-0.3, -0.25) is 4.98 Å². The van der Waals surface area contributed by atoms with Crippen LogP contribution in [0.15, 0.2) is 54.7 Å². The van der Waals surface area contributed by atoms with Gasteiger partial charge in [-0.05, 0) is 65.8 Å². The number of urea groups is 1. The average Bonchev–Trinajstić information content (AvgIpc) is 3.49. The number of anilines is 2. The number of aromatic nitrogens is 2. The smallest absolute Gasteiger partial charge is 0.321 e. The van der Waals surface area contributed by atoms with Gasteiger partial charge < -0.3 is 20.7 Å². The summed E-state index contributed by atoms with van der Waals surface area (Å²) in [5, 5.41) is 3.01. The Morgan fingerprint density at radius 1 is 1.09 bits per heavy atom. The maximum atomic E-state index is 12.4. The van der Waals surface area contributed by atoms with Crippen LogP contribution in [0, 0.1) is 0 Å². The summed E-state index contributed by atoms with van der Waals surface area (Å²) in [6.45, 7) is 1.63. The van der Waals surface area contributed by atoms with Gasteiger partial charge in [-0.1, -0.05) is 18.2 Å². The first-order valence-electron chi connectivity index (χ1n) is 10.5. The van der Waals surface area contributed by atoms with E-state index in [0.717, 1.165) is 64.2 Å². The Kier molecular flexibility index (Phi) is 5.36. The van der Waals surface area contributed by atoms with Crippen LogP contribution >= 0.6 is 11.5 Å². The number of fused-ring (bicyclic) bond motifs is 1. The first-order valence-corrected chi connectivity index (χ1v) is 11.3. The van der Waals surface area contributed by atoms with Crippen LogP contribution in [-0.4, -0.2) is 40.5 Å². The Morgan fingerprint density at radius 3 is 2.75 bits per heavy atom. The van der Waals surface area contributed by atoms with E-state index in [4.69, 9.17) is 15.5 Å². The maximum absolute atomic E-state index is 12.4. The molecule has 3 N–H and O–H groups in total. The third-order valence-corrected chi connectivity index (χ3v) is 6.55. The number of carbonyl (C=O) groups excluding carboxylic acids is 1. The average molecular weight is 446 g/mol. The van der Waals surface area contributed by atoms with Crippen molar-refractivity contribution in [1.82, 2.24) is 14.3 Å². The molecule has 0 unspecified atom stereocenters. The molecule has 32 heavy (non-hydrogen) atoms. The predicted octanol–water partition coefficient (Wildman–Crippen LogP) is 5.24. The number of nitrogens with zero attached hydrogens (tertiary/aromatic N) is 3. The Bertz CT molecular complexity index is 1300. The molecule has 162 valence electrons. The summed E-state index contributed by atoms with van der Waals surface area (Å²) >= 11 is 1.40. The molecule has 0 bridgehead atoms. The van der Waals surface area contributed by atoms with E-state index in [1.54, 1.807) is 7.11 Å². The predicted molar refractivity (Wildman–Crippen MR) is 129 cm³/mol. The third-order valence-electron chi connectivity index (χ3n) is 5.65. The summed E-state index contributed by atoms with van der Waals surface area (Å²) in [7, 11) is 1.60. The second kappa shape index (κ2) is 8.47. The van der Waals surface area contributed by atoms with Crippen LogP contribution < -0.4 is 15.8 Å². The number of likely N-dealkylation sites (tertiary alicyclic amines) is 1. The van der Waals surface area contributed by atoms with E-state index >= 15 is 0 Å². The van der Waals surface area contributed by atoms with Crippen LogP contribution in [0.1, 0.15) is 12.8 Å². The quantitative estimate of drug-likeness (QED) is 0.419. The largest absolute Gasteiger partial charge is 0.495 e. The molecule has 3 heterocycles. The second-order valence-corrected chi connectivity index (χ2v) is 8.54. The zero-order valence-corrected chi connectivity index (χ0v) is 18.5. The lowest BCUT2D eigenvalue weighted by molar-refractivity contribution is 0.222. The molecule has 4 aromatic rings. The number of carbonyl (C=O) groups is 1. The van der Waals surface area contributed by atoms with Crippen molar-refractivity contribution in [2.24, 2.45) is 0 Å². The van der Waals surface area contributed by atoms with Crippen molar-refractivity contribution < 1.29 is 9.53 Å². The molecule has 1 fully saturated rings. The van der Waals surface area contributed by atoms with Crippen LogP contribution in [0.25, 0.3) is 32.6 Å². The number of methoxy groups -OCH3 is 1. The number of pyridine rings is 1. The first-order chi connectivity index (χ1) is 15.6. The number of amides is 2. The summed E-state index contributed by atoms with van der Waals surface area (Å²) in [6.07, 6.45) is 3.97. The van der Waals surface area contributed by atoms with Gasteiger partial charge in [-0.15, -0.1) is 0 Å². The number of rotatable bonds is 4. The summed E-state index contributed by atoms with van der Waals surface area (Å²) in [5.41, 5.74) is 11.8. The number of nitrogen functional groups attached to an aromatic ring is 1. The lowest BCUT2D eigenvalue weighted by atomic mass is 10.1. The second-order valence-electron chi connectivity index (χ2n) is 7.77. The summed E-state index contributed by atoms with van der Waals surface area (Å²) in [5.74, 6) is 0.634. The van der Waals surface area contributed by atoms with Crippen molar-refractivity contribution in [2.45, 2.75) is 12.8 Å². The molecule has 0 saturated carbocycles. The first kappa shape index (κ1) is 20.3. The minimum Gasteiger partial charge on any atom is -0.495 e. The molecule has 0 spiro atoms. The lowest BCUT2D eigenvalue weighted by Crippen LogP contribution is -2.32. The fraction of sp³-hybridized carbons (Fsp3) is 0.208. The minimum absolute atomic E-state index is 0.0458. The third kappa shape index (κ3) is 3.85. The number of benzene rings is 2. The highest BCUT2D eigenvalue weighted by molar-refractivity contribution is 7.11. The Morgan fingerprint density at radius 2 is 1.94 bits per heavy atom. The van der Waals surface area contributed by atoms with Gasteiger partial charge in [0.1, 0.15) is 16.8 Å². The topological polar surface area (TPSA) is 93.4 Å². The Balaban J connectivity index is 1.43. The van der Waals surface area contributed by atoms with Crippen LogP contribution in [0.3, 0.4) is 0 Å². The molecule has 0 radical (unpaired) electrons. The van der Waals surface area contributed by atoms with E-state index in [1.165, 1.54) is 11.5 Å². The summed E-state index contributed by atoms with van der Waals surface area (Å²) in [4.78, 5) is 20.0. The van der Waals surface area contributed by atoms with Gasteiger partial charge in [0.2, 0.25) is 0 Å². The number of hydrogen-bond donors (Lipinski definition) is 2. The molecular weight excluding hydrogens is 422 g/mol. The van der Waals surface area contributed by atoms with Gasteiger partial charge in [-0.25, -0.2) is 4.79 Å². The minimum atomic E-state index is -0.0458. The van der Waals surface area contributed by atoms with Gasteiger partial charge >= 0.3 is 6.03 Å². The molecule has 1 aliphatic heterocycles. The SMILES string of the molecule is COc1cc(-c2cnc3c(-c4cccc(NC(=O)N5CCCC5)c4)snc3c2)ccc1N. The van der Waals surface area contributed by atoms with Crippen molar-refractivity contribution >= 4 is 40.0 Å². The van der Waals surface area contributed by atoms with E-state index in [9.17, 15) is 4.79 Å². The molecular formula is C24H23N5O2S. The van der Waals surface area contributed by atoms with Crippen molar-refractivity contribution in [3.63, 3.8) is 0 Å². The zero-order valence-electron chi connectivity index (χ0n) is 17.7. The van der Waals surface area contributed by atoms with Crippen molar-refractivity contribution in [3.05, 3.63) is 54.7 Å². The van der Waals surface area contributed by atoms with Crippen molar-refractivity contribution in [2.75, 3.05) is 31.2 Å². The summed E-state index contributed by atoms with van der Waals surface area (Å²) < 4.78 is 9.96. The molecule has 2 aromatic heterocycles. The molecule has 1 saturated heterocycles. The molecule has 2 aromatic carbocycles. The zero-order chi connectivity index (χ0) is 22.1. The molecule has 2 amide bonds. The van der Waals surface area contributed by atoms with Crippen molar-refractivity contribution in [1.29, 1.82) is 0 Å². The van der Waals surface area contributed by atoms with Crippen LogP contribution in [0.2, 0.25) is 0 Å². The molecule has 0 aliphatic carbocycles. The molecule has 7 nitrogen and oxygen atoms in total. The highest BCUT2D eigenvalue weighted by atomic mass is 32.1. The van der Waals surface area contributed by atoms with Crippen LogP contribution in [0.4, 0.5) is 16.2 Å². The van der Waals surface area contributed by atoms with E-state index in [0.29, 0.717) is 11.4 Å². The van der Waals surface area contributed by atoms with E-state index in [1.807, 2.05) is 59.6 Å². The van der Waals surface area contributed by atoms with E-state index < -0.39 is 0 Å². The molecule has 5 rings (SSSR count). The normalized spacial score (nSPS) is 13.5. The highest BCUT2D eigenvalue weighted by Gasteiger charge is 2.18. The maximum Gasteiger partial charge on any atom is 0.321 e. The number of hydrogen-bond acceptors (Lipinski definition) is 6. The Hall–Kier alpha value is -3.65. The van der Waals surface area contributed by atoms with Crippen molar-refractivity contribution in [3.8, 4) is 27.3 Å². The van der Waals surface area contributed by atoms with Crippen LogP contribution in [-0.2, 0) is 0 Å². The fourth-order valence-corrected chi connectivity index (χ4v) is 4.74. The molecule has 8 heteroatoms. The monoisotopic (exact) mass is 445 g/mol. The van der Waals surface area contributed by atoms with E-state index in [-0.39, 0.29) is 6.03 Å². The standard InChI is InChI=1S/C24H23N5O2S/c1-31-21-13-15(7-8-19(21)25)17-12-20-22(26-14-17)23(32-28-20)16-5-4-6-18(11-16)27-24(30)29-9-2-3-10-29/h4-8,11-14H,2-3,9-10,25H2,1H3,(H,27,30). The Labute approximate surface area is 190 Å².